The van der Waals surface area contributed by atoms with Crippen LogP contribution in [0, 0.1) is 0 Å². The highest BCUT2D eigenvalue weighted by atomic mass is 15.1. The third-order valence-electron chi connectivity index (χ3n) is 2.34. The Morgan fingerprint density at radius 1 is 0.833 bits per heavy atom. The Balaban J connectivity index is 1.92. The summed E-state index contributed by atoms with van der Waals surface area (Å²) in [6.45, 7) is 0. The van der Waals surface area contributed by atoms with E-state index >= 15 is 0 Å². The largest absolute Gasteiger partial charge is 0.156 e. The summed E-state index contributed by atoms with van der Waals surface area (Å²) in [6, 6.07) is 0. The summed E-state index contributed by atoms with van der Waals surface area (Å²) in [5.41, 5.74) is 2.37. The van der Waals surface area contributed by atoms with Crippen molar-refractivity contribution in [1.29, 1.82) is 0 Å². The molecule has 2 aliphatic rings. The molecule has 0 heterocycles. The molecule has 0 fully saturated rings. The van der Waals surface area contributed by atoms with Crippen molar-refractivity contribution in [3.8, 4) is 0 Å². The summed E-state index contributed by atoms with van der Waals surface area (Å²) in [7, 11) is 0. The van der Waals surface area contributed by atoms with Crippen LogP contribution in [-0.4, -0.2) is 0 Å². The second kappa shape index (κ2) is 3.65. The fourth-order valence-electron chi connectivity index (χ4n) is 1.62. The van der Waals surface area contributed by atoms with Crippen LogP contribution >= 0.6 is 0 Å². The highest BCUT2D eigenvalue weighted by Crippen LogP contribution is 2.23. The van der Waals surface area contributed by atoms with Crippen LogP contribution < -0.4 is 0 Å². The monoisotopic (exact) mass is 162 g/mol. The van der Waals surface area contributed by atoms with Gasteiger partial charge in [0, 0.05) is 0 Å². The number of rotatable bonds is 2. The maximum atomic E-state index is 4.22. The molecule has 0 saturated heterocycles. The molecule has 0 amide bonds. The number of azo groups is 1. The molecule has 0 N–H and O–H groups in total. The van der Waals surface area contributed by atoms with E-state index in [4.69, 9.17) is 0 Å². The van der Waals surface area contributed by atoms with Crippen molar-refractivity contribution in [3.63, 3.8) is 0 Å². The smallest absolute Gasteiger partial charge is 0.0591 e. The van der Waals surface area contributed by atoms with Gasteiger partial charge in [-0.2, -0.15) is 10.2 Å². The number of hydrogen-bond acceptors (Lipinski definition) is 2. The Bertz CT molecular complexity index is 223. The summed E-state index contributed by atoms with van der Waals surface area (Å²) in [5, 5.41) is 8.45. The van der Waals surface area contributed by atoms with E-state index in [1.807, 2.05) is 0 Å². The first-order valence-corrected chi connectivity index (χ1v) is 4.75. The van der Waals surface area contributed by atoms with E-state index in [1.165, 1.54) is 37.1 Å². The molecule has 0 aromatic carbocycles. The van der Waals surface area contributed by atoms with Crippen molar-refractivity contribution in [3.05, 3.63) is 23.5 Å². The van der Waals surface area contributed by atoms with Gasteiger partial charge in [-0.25, -0.2) is 0 Å². The van der Waals surface area contributed by atoms with Gasteiger partial charge in [0.25, 0.3) is 0 Å². The van der Waals surface area contributed by atoms with Gasteiger partial charge in [0.05, 0.1) is 11.4 Å². The standard InChI is InChI=1S/C10H14N2/c1-2-6-9(5-1)11-12-10-7-3-4-8-10/h5,7H,1-4,6,8H2. The van der Waals surface area contributed by atoms with Crippen molar-refractivity contribution in [2.45, 2.75) is 38.5 Å². The molecule has 0 aromatic rings. The second-order valence-electron chi connectivity index (χ2n) is 3.38. The first-order chi connectivity index (χ1) is 5.95. The van der Waals surface area contributed by atoms with Gasteiger partial charge in [0.15, 0.2) is 0 Å². The zero-order valence-corrected chi connectivity index (χ0v) is 7.29. The van der Waals surface area contributed by atoms with Gasteiger partial charge < -0.3 is 0 Å². The normalized spacial score (nSPS) is 23.3. The van der Waals surface area contributed by atoms with Crippen LogP contribution in [0.5, 0.6) is 0 Å². The third-order valence-corrected chi connectivity index (χ3v) is 2.34. The average molecular weight is 162 g/mol. The zero-order valence-electron chi connectivity index (χ0n) is 7.29. The predicted octanol–water partition coefficient (Wildman–Crippen LogP) is 3.57. The topological polar surface area (TPSA) is 24.7 Å². The SMILES string of the molecule is C1=C(N=NC2=CCCC2)CCC1. The summed E-state index contributed by atoms with van der Waals surface area (Å²) in [6.07, 6.45) is 11.5. The maximum Gasteiger partial charge on any atom is 0.0591 e. The zero-order chi connectivity index (χ0) is 8.23. The Kier molecular flexibility index (Phi) is 2.35. The lowest BCUT2D eigenvalue weighted by molar-refractivity contribution is 0.860. The fraction of sp³-hybridized carbons (Fsp3) is 0.600. The summed E-state index contributed by atoms with van der Waals surface area (Å²) in [4.78, 5) is 0. The summed E-state index contributed by atoms with van der Waals surface area (Å²) >= 11 is 0. The van der Waals surface area contributed by atoms with Crippen LogP contribution in [0.25, 0.3) is 0 Å². The minimum Gasteiger partial charge on any atom is -0.156 e. The molecular formula is C10H14N2. The lowest BCUT2D eigenvalue weighted by Crippen LogP contribution is -1.71. The predicted molar refractivity (Wildman–Crippen MR) is 48.7 cm³/mol. The van der Waals surface area contributed by atoms with Crippen molar-refractivity contribution < 1.29 is 0 Å². The van der Waals surface area contributed by atoms with E-state index in [0.29, 0.717) is 0 Å². The second-order valence-corrected chi connectivity index (χ2v) is 3.38. The van der Waals surface area contributed by atoms with Gasteiger partial charge in [-0.3, -0.25) is 0 Å². The number of hydrogen-bond donors (Lipinski definition) is 0. The van der Waals surface area contributed by atoms with E-state index in [-0.39, 0.29) is 0 Å². The van der Waals surface area contributed by atoms with Crippen LogP contribution in [0.3, 0.4) is 0 Å². The Hall–Kier alpha value is -0.920. The lowest BCUT2D eigenvalue weighted by atomic mass is 10.3. The number of allylic oxidation sites excluding steroid dienone is 4. The molecule has 0 radical (unpaired) electrons. The molecule has 2 aliphatic carbocycles. The minimum atomic E-state index is 1.12. The molecule has 2 rings (SSSR count). The fourth-order valence-corrected chi connectivity index (χ4v) is 1.62. The minimum absolute atomic E-state index is 1.12. The average Bonchev–Trinajstić information content (AvgIpc) is 2.74. The lowest BCUT2D eigenvalue weighted by Gasteiger charge is -1.90. The van der Waals surface area contributed by atoms with Crippen LogP contribution in [0.1, 0.15) is 38.5 Å². The molecule has 0 saturated carbocycles. The molecule has 2 heteroatoms. The highest BCUT2D eigenvalue weighted by molar-refractivity contribution is 5.08. The van der Waals surface area contributed by atoms with E-state index in [1.54, 1.807) is 0 Å². The molecule has 0 aromatic heterocycles. The number of nitrogens with zero attached hydrogens (tertiary/aromatic N) is 2. The third kappa shape index (κ3) is 1.81. The van der Waals surface area contributed by atoms with Crippen LogP contribution in [0.2, 0.25) is 0 Å². The first kappa shape index (κ1) is 7.71. The van der Waals surface area contributed by atoms with Gasteiger partial charge in [-0.05, 0) is 38.5 Å². The van der Waals surface area contributed by atoms with Gasteiger partial charge in [0.2, 0.25) is 0 Å². The molecule has 2 nitrogen and oxygen atoms in total. The van der Waals surface area contributed by atoms with Crippen LogP contribution in [-0.2, 0) is 0 Å². The highest BCUT2D eigenvalue weighted by Gasteiger charge is 2.05. The summed E-state index contributed by atoms with van der Waals surface area (Å²) in [5.74, 6) is 0. The first-order valence-electron chi connectivity index (χ1n) is 4.75. The van der Waals surface area contributed by atoms with Crippen molar-refractivity contribution in [2.24, 2.45) is 10.2 Å². The Morgan fingerprint density at radius 3 is 1.67 bits per heavy atom. The molecule has 0 aliphatic heterocycles. The molecule has 12 heavy (non-hydrogen) atoms. The molecule has 0 spiro atoms. The van der Waals surface area contributed by atoms with E-state index in [0.717, 1.165) is 12.8 Å². The van der Waals surface area contributed by atoms with E-state index < -0.39 is 0 Å². The van der Waals surface area contributed by atoms with Gasteiger partial charge in [-0.1, -0.05) is 12.2 Å². The van der Waals surface area contributed by atoms with E-state index in [2.05, 4.69) is 22.4 Å². The van der Waals surface area contributed by atoms with Crippen LogP contribution in [0.15, 0.2) is 33.8 Å². The Labute approximate surface area is 73.1 Å². The van der Waals surface area contributed by atoms with Crippen molar-refractivity contribution >= 4 is 0 Å². The van der Waals surface area contributed by atoms with Gasteiger partial charge >= 0.3 is 0 Å². The van der Waals surface area contributed by atoms with Crippen molar-refractivity contribution in [1.82, 2.24) is 0 Å². The van der Waals surface area contributed by atoms with Crippen LogP contribution in [0.4, 0.5) is 0 Å². The quantitative estimate of drug-likeness (QED) is 0.554. The molecule has 0 atom stereocenters. The molecule has 0 bridgehead atoms. The van der Waals surface area contributed by atoms with Gasteiger partial charge in [-0.15, -0.1) is 0 Å². The molecule has 64 valence electrons. The maximum absolute atomic E-state index is 4.22. The summed E-state index contributed by atoms with van der Waals surface area (Å²) < 4.78 is 0. The van der Waals surface area contributed by atoms with E-state index in [9.17, 15) is 0 Å². The van der Waals surface area contributed by atoms with Crippen molar-refractivity contribution in [2.75, 3.05) is 0 Å². The van der Waals surface area contributed by atoms with Gasteiger partial charge in [0.1, 0.15) is 0 Å². The Morgan fingerprint density at radius 2 is 1.33 bits per heavy atom. The molecular weight excluding hydrogens is 148 g/mol. The molecule has 0 unspecified atom stereocenters.